The smallest absolute Gasteiger partial charge is 0.153 e. The Hall–Kier alpha value is -1.81. The van der Waals surface area contributed by atoms with Gasteiger partial charge < -0.3 is 10.5 Å². The Bertz CT molecular complexity index is 501. The van der Waals surface area contributed by atoms with Crippen LogP contribution in [0.1, 0.15) is 24.6 Å². The maximum absolute atomic E-state index is 5.94. The lowest BCUT2D eigenvalue weighted by Crippen LogP contribution is -1.99. The van der Waals surface area contributed by atoms with Gasteiger partial charge in [0.1, 0.15) is 0 Å². The Morgan fingerprint density at radius 2 is 2.12 bits per heavy atom. The van der Waals surface area contributed by atoms with E-state index in [1.807, 2.05) is 30.3 Å². The monoisotopic (exact) mass is 229 g/mol. The molecule has 1 aliphatic heterocycles. The summed E-state index contributed by atoms with van der Waals surface area (Å²) < 4.78 is 5.69. The second kappa shape index (κ2) is 4.22. The summed E-state index contributed by atoms with van der Waals surface area (Å²) in [5, 5.41) is 7.12. The number of nitrogen functional groups attached to an aromatic ring is 1. The van der Waals surface area contributed by atoms with E-state index in [4.69, 9.17) is 10.5 Å². The third kappa shape index (κ3) is 1.80. The van der Waals surface area contributed by atoms with E-state index in [1.165, 1.54) is 0 Å². The van der Waals surface area contributed by atoms with Gasteiger partial charge in [0.25, 0.3) is 0 Å². The van der Waals surface area contributed by atoms with Crippen molar-refractivity contribution in [2.75, 3.05) is 12.3 Å². The molecule has 3 rings (SSSR count). The Morgan fingerprint density at radius 3 is 2.82 bits per heavy atom. The van der Waals surface area contributed by atoms with E-state index in [0.29, 0.717) is 5.82 Å². The minimum Gasteiger partial charge on any atom is -0.382 e. The van der Waals surface area contributed by atoms with Crippen LogP contribution in [0, 0.1) is 0 Å². The Balaban J connectivity index is 2.06. The number of aromatic nitrogens is 2. The molecule has 17 heavy (non-hydrogen) atoms. The maximum atomic E-state index is 5.94. The molecule has 1 unspecified atom stereocenters. The fraction of sp³-hybridized carbons (Fsp3) is 0.308. The largest absolute Gasteiger partial charge is 0.382 e. The first-order valence-corrected chi connectivity index (χ1v) is 5.87. The first-order chi connectivity index (χ1) is 8.36. The van der Waals surface area contributed by atoms with Crippen LogP contribution in [0.15, 0.2) is 30.3 Å². The van der Waals surface area contributed by atoms with E-state index >= 15 is 0 Å². The van der Waals surface area contributed by atoms with E-state index in [9.17, 15) is 0 Å². The summed E-state index contributed by atoms with van der Waals surface area (Å²) in [6.07, 6.45) is 2.23. The van der Waals surface area contributed by atoms with E-state index < -0.39 is 0 Å². The fourth-order valence-corrected chi connectivity index (χ4v) is 2.32. The SMILES string of the molecule is Nc1n[nH]c(C2CCCO2)c1-c1ccccc1. The van der Waals surface area contributed by atoms with E-state index in [1.54, 1.807) is 0 Å². The summed E-state index contributed by atoms with van der Waals surface area (Å²) in [6, 6.07) is 10.1. The average Bonchev–Trinajstić information content (AvgIpc) is 2.98. The lowest BCUT2D eigenvalue weighted by atomic mass is 10.0. The zero-order chi connectivity index (χ0) is 11.7. The summed E-state index contributed by atoms with van der Waals surface area (Å²) in [4.78, 5) is 0. The third-order valence-electron chi connectivity index (χ3n) is 3.14. The number of benzene rings is 1. The van der Waals surface area contributed by atoms with Crippen LogP contribution in [0.3, 0.4) is 0 Å². The topological polar surface area (TPSA) is 63.9 Å². The lowest BCUT2D eigenvalue weighted by molar-refractivity contribution is 0.109. The van der Waals surface area contributed by atoms with Gasteiger partial charge in [0.05, 0.1) is 11.8 Å². The van der Waals surface area contributed by atoms with Crippen LogP contribution in [-0.2, 0) is 4.74 Å². The van der Waals surface area contributed by atoms with Gasteiger partial charge in [-0.05, 0) is 18.4 Å². The Morgan fingerprint density at radius 1 is 1.29 bits per heavy atom. The molecule has 0 radical (unpaired) electrons. The number of nitrogens with two attached hydrogens (primary N) is 1. The number of ether oxygens (including phenoxy) is 1. The highest BCUT2D eigenvalue weighted by Crippen LogP contribution is 2.36. The van der Waals surface area contributed by atoms with Crippen LogP contribution in [0.25, 0.3) is 11.1 Å². The molecule has 0 aliphatic carbocycles. The van der Waals surface area contributed by atoms with Gasteiger partial charge in [-0.2, -0.15) is 5.10 Å². The molecule has 0 saturated carbocycles. The molecule has 0 bridgehead atoms. The minimum atomic E-state index is 0.106. The van der Waals surface area contributed by atoms with Gasteiger partial charge in [-0.15, -0.1) is 0 Å². The number of nitrogens with zero attached hydrogens (tertiary/aromatic N) is 1. The summed E-state index contributed by atoms with van der Waals surface area (Å²) in [5.41, 5.74) is 9.02. The molecule has 0 spiro atoms. The Kier molecular flexibility index (Phi) is 2.57. The molecule has 1 atom stereocenters. The normalized spacial score (nSPS) is 19.6. The molecule has 4 heteroatoms. The van der Waals surface area contributed by atoms with Crippen molar-refractivity contribution < 1.29 is 4.74 Å². The van der Waals surface area contributed by atoms with Crippen LogP contribution >= 0.6 is 0 Å². The number of hydrogen-bond donors (Lipinski definition) is 2. The molecular formula is C13H15N3O. The lowest BCUT2D eigenvalue weighted by Gasteiger charge is -2.10. The second-order valence-electron chi connectivity index (χ2n) is 4.27. The predicted octanol–water partition coefficient (Wildman–Crippen LogP) is 2.51. The number of rotatable bonds is 2. The molecule has 0 amide bonds. The third-order valence-corrected chi connectivity index (χ3v) is 3.14. The van der Waals surface area contributed by atoms with Crippen molar-refractivity contribution in [3.8, 4) is 11.1 Å². The van der Waals surface area contributed by atoms with Gasteiger partial charge >= 0.3 is 0 Å². The summed E-state index contributed by atoms with van der Waals surface area (Å²) >= 11 is 0. The molecular weight excluding hydrogens is 214 g/mol. The average molecular weight is 229 g/mol. The number of hydrogen-bond acceptors (Lipinski definition) is 3. The van der Waals surface area contributed by atoms with Crippen molar-refractivity contribution in [3.05, 3.63) is 36.0 Å². The molecule has 1 aromatic heterocycles. The summed E-state index contributed by atoms with van der Waals surface area (Å²) in [5.74, 6) is 0.543. The molecule has 3 N–H and O–H groups in total. The van der Waals surface area contributed by atoms with Crippen molar-refractivity contribution >= 4 is 5.82 Å². The Labute approximate surface area is 99.8 Å². The first kappa shape index (κ1) is 10.4. The van der Waals surface area contributed by atoms with E-state index in [0.717, 1.165) is 36.3 Å². The molecule has 2 aromatic rings. The van der Waals surface area contributed by atoms with Crippen LogP contribution in [0.5, 0.6) is 0 Å². The number of aromatic amines is 1. The van der Waals surface area contributed by atoms with Crippen molar-refractivity contribution in [1.82, 2.24) is 10.2 Å². The van der Waals surface area contributed by atoms with Crippen molar-refractivity contribution in [2.45, 2.75) is 18.9 Å². The van der Waals surface area contributed by atoms with Crippen LogP contribution in [0.2, 0.25) is 0 Å². The van der Waals surface area contributed by atoms with Gasteiger partial charge in [-0.3, -0.25) is 5.10 Å². The number of nitrogens with one attached hydrogen (secondary N) is 1. The van der Waals surface area contributed by atoms with Crippen LogP contribution in [-0.4, -0.2) is 16.8 Å². The number of H-pyrrole nitrogens is 1. The first-order valence-electron chi connectivity index (χ1n) is 5.87. The van der Waals surface area contributed by atoms with Gasteiger partial charge in [0, 0.05) is 12.2 Å². The highest BCUT2D eigenvalue weighted by atomic mass is 16.5. The molecule has 2 heterocycles. The van der Waals surface area contributed by atoms with E-state index in [-0.39, 0.29) is 6.10 Å². The quantitative estimate of drug-likeness (QED) is 0.831. The highest BCUT2D eigenvalue weighted by Gasteiger charge is 2.24. The molecule has 1 fully saturated rings. The second-order valence-corrected chi connectivity index (χ2v) is 4.27. The highest BCUT2D eigenvalue weighted by molar-refractivity contribution is 5.76. The summed E-state index contributed by atoms with van der Waals surface area (Å²) in [6.45, 7) is 0.817. The molecule has 1 saturated heterocycles. The zero-order valence-corrected chi connectivity index (χ0v) is 9.52. The standard InChI is InChI=1S/C13H15N3O/c14-13-11(9-5-2-1-3-6-9)12(15-16-13)10-7-4-8-17-10/h1-3,5-6,10H,4,7-8H2,(H3,14,15,16). The number of anilines is 1. The molecule has 1 aliphatic rings. The minimum absolute atomic E-state index is 0.106. The van der Waals surface area contributed by atoms with Gasteiger partial charge in [0.2, 0.25) is 0 Å². The van der Waals surface area contributed by atoms with Gasteiger partial charge in [-0.25, -0.2) is 0 Å². The predicted molar refractivity (Wildman–Crippen MR) is 66.4 cm³/mol. The van der Waals surface area contributed by atoms with E-state index in [2.05, 4.69) is 10.2 Å². The molecule has 4 nitrogen and oxygen atoms in total. The molecule has 88 valence electrons. The fourth-order valence-electron chi connectivity index (χ4n) is 2.32. The van der Waals surface area contributed by atoms with Crippen LogP contribution in [0.4, 0.5) is 5.82 Å². The van der Waals surface area contributed by atoms with Gasteiger partial charge in [0.15, 0.2) is 5.82 Å². The van der Waals surface area contributed by atoms with Gasteiger partial charge in [-0.1, -0.05) is 30.3 Å². The van der Waals surface area contributed by atoms with Crippen LogP contribution < -0.4 is 5.73 Å². The zero-order valence-electron chi connectivity index (χ0n) is 9.52. The maximum Gasteiger partial charge on any atom is 0.153 e. The molecule has 1 aromatic carbocycles. The van der Waals surface area contributed by atoms with Crippen molar-refractivity contribution in [1.29, 1.82) is 0 Å². The summed E-state index contributed by atoms with van der Waals surface area (Å²) in [7, 11) is 0. The van der Waals surface area contributed by atoms with Crippen molar-refractivity contribution in [2.24, 2.45) is 0 Å². The van der Waals surface area contributed by atoms with Crippen molar-refractivity contribution in [3.63, 3.8) is 0 Å².